The van der Waals surface area contributed by atoms with Gasteiger partial charge in [0.15, 0.2) is 0 Å². The predicted octanol–water partition coefficient (Wildman–Crippen LogP) is 5.65. The third-order valence-electron chi connectivity index (χ3n) is 10.6. The molecule has 3 fully saturated rings. The zero-order valence-electron chi connectivity index (χ0n) is 28.4. The van der Waals surface area contributed by atoms with E-state index in [2.05, 4.69) is 9.88 Å². The summed E-state index contributed by atoms with van der Waals surface area (Å²) in [6, 6.07) is 6.17. The summed E-state index contributed by atoms with van der Waals surface area (Å²) in [4.78, 5) is 53.3. The monoisotopic (exact) mass is 700 g/mol. The molecule has 9 nitrogen and oxygen atoms in total. The average Bonchev–Trinajstić information content (AvgIpc) is 3.33. The Morgan fingerprint density at radius 3 is 2.43 bits per heavy atom. The van der Waals surface area contributed by atoms with Gasteiger partial charge in [-0.3, -0.25) is 19.3 Å². The molecule has 1 aromatic carbocycles. The van der Waals surface area contributed by atoms with Crippen LogP contribution in [0.15, 0.2) is 42.5 Å². The molecular weight excluding hydrogens is 657 g/mol. The minimum atomic E-state index is -4.63. The predicted molar refractivity (Wildman–Crippen MR) is 184 cm³/mol. The van der Waals surface area contributed by atoms with Crippen molar-refractivity contribution in [3.63, 3.8) is 0 Å². The highest BCUT2D eigenvalue weighted by Gasteiger charge is 2.50. The number of hydrogen-bond donors (Lipinski definition) is 0. The minimum absolute atomic E-state index is 0.00544. The Morgan fingerprint density at radius 2 is 1.76 bits per heavy atom. The number of pyridine rings is 1. The molecule has 0 radical (unpaired) electrons. The Labute approximate surface area is 290 Å². The van der Waals surface area contributed by atoms with Gasteiger partial charge in [0.1, 0.15) is 11.9 Å². The number of carbonyl (C=O) groups is 3. The summed E-state index contributed by atoms with van der Waals surface area (Å²) in [7, 11) is 5.56. The number of anilines is 3. The highest BCUT2D eigenvalue weighted by atomic mass is 35.5. The lowest BCUT2D eigenvalue weighted by molar-refractivity contribution is -0.137. The van der Waals surface area contributed by atoms with E-state index >= 15 is 0 Å². The number of amides is 3. The molecule has 49 heavy (non-hydrogen) atoms. The largest absolute Gasteiger partial charge is 0.416 e. The summed E-state index contributed by atoms with van der Waals surface area (Å²) < 4.78 is 41.3. The van der Waals surface area contributed by atoms with Gasteiger partial charge < -0.3 is 19.6 Å². The number of para-hydroxylation sites is 1. The van der Waals surface area contributed by atoms with Gasteiger partial charge >= 0.3 is 6.18 Å². The van der Waals surface area contributed by atoms with Gasteiger partial charge in [0.25, 0.3) is 0 Å². The van der Waals surface area contributed by atoms with E-state index < -0.39 is 35.5 Å². The lowest BCUT2D eigenvalue weighted by Gasteiger charge is -2.46. The maximum absolute atomic E-state index is 14.1. The zero-order chi connectivity index (χ0) is 35.2. The molecule has 3 aliphatic heterocycles. The number of nitrogens with zero attached hydrogens (tertiary/aromatic N) is 6. The number of aryl methyl sites for hydroxylation is 1. The molecule has 13 heteroatoms. The van der Waals surface area contributed by atoms with E-state index in [1.807, 2.05) is 36.0 Å². The number of aromatic nitrogens is 1. The van der Waals surface area contributed by atoms with Crippen LogP contribution in [0.4, 0.5) is 30.4 Å². The van der Waals surface area contributed by atoms with Crippen molar-refractivity contribution < 1.29 is 27.6 Å². The molecule has 2 saturated heterocycles. The van der Waals surface area contributed by atoms with Gasteiger partial charge in [-0.25, -0.2) is 4.98 Å². The van der Waals surface area contributed by atoms with Crippen LogP contribution in [0.25, 0.3) is 0 Å². The highest BCUT2D eigenvalue weighted by Crippen LogP contribution is 2.45. The van der Waals surface area contributed by atoms with Crippen molar-refractivity contribution in [2.45, 2.75) is 51.2 Å². The lowest BCUT2D eigenvalue weighted by atomic mass is 9.73. The molecule has 264 valence electrons. The van der Waals surface area contributed by atoms with Gasteiger partial charge in [-0.1, -0.05) is 23.7 Å². The van der Waals surface area contributed by atoms with Crippen molar-refractivity contribution in [1.29, 1.82) is 0 Å². The van der Waals surface area contributed by atoms with Crippen molar-refractivity contribution in [2.75, 3.05) is 68.6 Å². The van der Waals surface area contributed by atoms with E-state index in [1.54, 1.807) is 25.3 Å². The third kappa shape index (κ3) is 7.31. The maximum atomic E-state index is 14.1. The number of rotatable bonds is 7. The second-order valence-corrected chi connectivity index (χ2v) is 14.8. The zero-order valence-corrected chi connectivity index (χ0v) is 29.2. The summed E-state index contributed by atoms with van der Waals surface area (Å²) >= 11 is 6.83. The van der Waals surface area contributed by atoms with Crippen LogP contribution in [0.1, 0.15) is 43.4 Å². The van der Waals surface area contributed by atoms with Crippen LogP contribution < -0.4 is 14.7 Å². The smallest absolute Gasteiger partial charge is 0.368 e. The first-order valence-electron chi connectivity index (χ1n) is 17.0. The Bertz CT molecular complexity index is 1620. The molecule has 6 rings (SSSR count). The topological polar surface area (TPSA) is 80.3 Å². The van der Waals surface area contributed by atoms with Crippen LogP contribution >= 0.6 is 11.6 Å². The van der Waals surface area contributed by atoms with Crippen LogP contribution in [0.5, 0.6) is 0 Å². The van der Waals surface area contributed by atoms with E-state index in [-0.39, 0.29) is 23.8 Å². The van der Waals surface area contributed by atoms with Crippen molar-refractivity contribution in [3.8, 4) is 0 Å². The molecule has 0 N–H and O–H groups in total. The average molecular weight is 701 g/mol. The van der Waals surface area contributed by atoms with Gasteiger partial charge in [0.05, 0.1) is 22.0 Å². The summed E-state index contributed by atoms with van der Waals surface area (Å²) in [6.45, 7) is 4.80. The first kappa shape index (κ1) is 35.2. The lowest BCUT2D eigenvalue weighted by Crippen LogP contribution is -2.53. The SMILES string of the molecule is Cc1cc(C(F)(F)F)cc(N2C(=O)C[C@@H]3CN(CC4CCC(C5CN(C(=O)/C=C/CN(C)C)C5)CC4)c4c(Cl)cccc4N(C)C(=O)[C@H]32)n1. The third-order valence-corrected chi connectivity index (χ3v) is 10.9. The first-order valence-corrected chi connectivity index (χ1v) is 17.4. The van der Waals surface area contributed by atoms with E-state index in [0.717, 1.165) is 63.1 Å². The van der Waals surface area contributed by atoms with Crippen LogP contribution in [-0.4, -0.2) is 92.4 Å². The quantitative estimate of drug-likeness (QED) is 0.348. The molecule has 1 aromatic heterocycles. The number of halogens is 4. The molecule has 0 bridgehead atoms. The van der Waals surface area contributed by atoms with Crippen LogP contribution in [0, 0.1) is 30.6 Å². The Morgan fingerprint density at radius 1 is 1.04 bits per heavy atom. The van der Waals surface area contributed by atoms with Crippen molar-refractivity contribution in [1.82, 2.24) is 14.8 Å². The van der Waals surface area contributed by atoms with Gasteiger partial charge in [-0.2, -0.15) is 13.2 Å². The van der Waals surface area contributed by atoms with Crippen LogP contribution in [0.3, 0.4) is 0 Å². The summed E-state index contributed by atoms with van der Waals surface area (Å²) in [5, 5.41) is 0.500. The van der Waals surface area contributed by atoms with E-state index in [1.165, 1.54) is 16.7 Å². The van der Waals surface area contributed by atoms with Crippen molar-refractivity contribution in [3.05, 3.63) is 58.8 Å². The molecule has 4 aliphatic rings. The molecule has 0 unspecified atom stereocenters. The molecule has 1 aliphatic carbocycles. The first-order chi connectivity index (χ1) is 23.2. The highest BCUT2D eigenvalue weighted by molar-refractivity contribution is 6.34. The van der Waals surface area contributed by atoms with Crippen LogP contribution in [-0.2, 0) is 20.6 Å². The Hall–Kier alpha value is -3.64. The number of hydrogen-bond acceptors (Lipinski definition) is 6. The minimum Gasteiger partial charge on any atom is -0.368 e. The molecule has 2 atom stereocenters. The molecule has 3 amide bonds. The van der Waals surface area contributed by atoms with Gasteiger partial charge in [0, 0.05) is 63.9 Å². The number of likely N-dealkylation sites (N-methyl/N-ethyl adjacent to an activating group) is 2. The summed E-state index contributed by atoms with van der Waals surface area (Å²) in [5.41, 5.74) is 0.524. The van der Waals surface area contributed by atoms with E-state index in [4.69, 9.17) is 11.6 Å². The van der Waals surface area contributed by atoms with Crippen LogP contribution in [0.2, 0.25) is 5.02 Å². The number of carbonyl (C=O) groups excluding carboxylic acids is 3. The standard InChI is InChI=1S/C36H44ClF3N6O3/c1-22-15-27(36(38,39)40)17-30(41-22)46-32(48)16-25-19-45(34-28(37)7-5-8-29(34)43(4)35(49)33(25)46)18-23-10-12-24(13-11-23)26-20-44(21-26)31(47)9-6-14-42(2)3/h5-9,15,17,23-26,33H,10-14,16,18-21H2,1-4H3/b9-6+/t23?,24?,25-,33+/m1/s1. The van der Waals surface area contributed by atoms with E-state index in [0.29, 0.717) is 41.6 Å². The van der Waals surface area contributed by atoms with Crippen molar-refractivity contribution in [2.24, 2.45) is 23.7 Å². The second kappa shape index (κ2) is 13.9. The number of benzene rings is 1. The number of alkyl halides is 3. The molecule has 1 saturated carbocycles. The molecule has 2 aromatic rings. The summed E-state index contributed by atoms with van der Waals surface area (Å²) in [6.07, 6.45) is 3.09. The van der Waals surface area contributed by atoms with E-state index in [9.17, 15) is 27.6 Å². The number of fused-ring (bicyclic) bond motifs is 2. The van der Waals surface area contributed by atoms with Crippen molar-refractivity contribution >= 4 is 46.5 Å². The fourth-order valence-corrected chi connectivity index (χ4v) is 8.33. The van der Waals surface area contributed by atoms with Gasteiger partial charge in [-0.05, 0) is 88.7 Å². The maximum Gasteiger partial charge on any atom is 0.416 e. The fraction of sp³-hybridized carbons (Fsp3) is 0.556. The Kier molecular flexibility index (Phi) is 10.0. The fourth-order valence-electron chi connectivity index (χ4n) is 8.04. The Balaban J connectivity index is 1.18. The normalized spacial score (nSPS) is 25.1. The molecule has 4 heterocycles. The molecule has 0 spiro atoms. The van der Waals surface area contributed by atoms with Gasteiger partial charge in [0.2, 0.25) is 17.7 Å². The second-order valence-electron chi connectivity index (χ2n) is 14.4. The summed E-state index contributed by atoms with van der Waals surface area (Å²) in [5.74, 6) is 0.0320. The van der Waals surface area contributed by atoms with Gasteiger partial charge in [-0.15, -0.1) is 0 Å². The molecular formula is C36H44ClF3N6O3. The number of likely N-dealkylation sites (tertiary alicyclic amines) is 1.